The number of nitrogens with zero attached hydrogens (tertiary/aromatic N) is 2. The van der Waals surface area contributed by atoms with Gasteiger partial charge in [0.1, 0.15) is 0 Å². The molecule has 0 aromatic rings. The minimum atomic E-state index is 1.29. The van der Waals surface area contributed by atoms with Gasteiger partial charge in [-0.25, -0.2) is 0 Å². The van der Waals surface area contributed by atoms with Gasteiger partial charge in [0.15, 0.2) is 0 Å². The van der Waals surface area contributed by atoms with Crippen LogP contribution in [0.5, 0.6) is 0 Å². The van der Waals surface area contributed by atoms with Crippen molar-refractivity contribution in [2.45, 2.75) is 48.0 Å². The van der Waals surface area contributed by atoms with Crippen LogP contribution in [0.15, 0.2) is 0 Å². The third kappa shape index (κ3) is 4.59. The molecule has 0 bridgehead atoms. The van der Waals surface area contributed by atoms with Crippen molar-refractivity contribution < 1.29 is 8.97 Å². The van der Waals surface area contributed by atoms with Crippen LogP contribution in [0.1, 0.15) is 48.0 Å². The first kappa shape index (κ1) is 16.9. The lowest BCUT2D eigenvalue weighted by Crippen LogP contribution is -2.52. The van der Waals surface area contributed by atoms with Crippen molar-refractivity contribution in [1.82, 2.24) is 0 Å². The summed E-state index contributed by atoms with van der Waals surface area (Å²) in [5, 5.41) is 0. The monoisotopic (exact) mass is 244 g/mol. The molecule has 0 spiro atoms. The van der Waals surface area contributed by atoms with E-state index in [0.717, 1.165) is 0 Å². The van der Waals surface area contributed by atoms with Crippen molar-refractivity contribution in [3.8, 4) is 0 Å². The normalized spacial score (nSPS) is 13.1. The fourth-order valence-electron chi connectivity index (χ4n) is 3.03. The second-order valence-corrected chi connectivity index (χ2v) is 5.38. The van der Waals surface area contributed by atoms with Crippen LogP contribution in [0.4, 0.5) is 0 Å². The Hall–Kier alpha value is -0.0800. The zero-order valence-electron chi connectivity index (χ0n) is 13.3. The Morgan fingerprint density at radius 1 is 0.471 bits per heavy atom. The lowest BCUT2D eigenvalue weighted by molar-refractivity contribution is -0.941. The minimum absolute atomic E-state index is 1.29. The fraction of sp³-hybridized carbons (Fsp3) is 1.00. The van der Waals surface area contributed by atoms with Gasteiger partial charge in [0, 0.05) is 6.42 Å². The van der Waals surface area contributed by atoms with Crippen LogP contribution in [0.25, 0.3) is 0 Å². The summed E-state index contributed by atoms with van der Waals surface area (Å²) in [5.74, 6) is 0. The summed E-state index contributed by atoms with van der Waals surface area (Å²) in [4.78, 5) is 0. The second-order valence-electron chi connectivity index (χ2n) is 5.38. The predicted octanol–water partition coefficient (Wildman–Crippen LogP) is 3.13. The summed E-state index contributed by atoms with van der Waals surface area (Å²) in [5.41, 5.74) is 0. The number of quaternary nitrogens is 2. The smallest absolute Gasteiger partial charge is 0.0840 e. The topological polar surface area (TPSA) is 0 Å². The Bertz CT molecular complexity index is 145. The first-order valence-electron chi connectivity index (χ1n) is 7.77. The van der Waals surface area contributed by atoms with Gasteiger partial charge in [-0.2, -0.15) is 0 Å². The molecule has 17 heavy (non-hydrogen) atoms. The molecule has 0 saturated carbocycles. The highest BCUT2D eigenvalue weighted by Crippen LogP contribution is 2.12. The van der Waals surface area contributed by atoms with E-state index in [1.54, 1.807) is 0 Å². The van der Waals surface area contributed by atoms with Crippen molar-refractivity contribution in [3.63, 3.8) is 0 Å². The van der Waals surface area contributed by atoms with Gasteiger partial charge in [-0.15, -0.1) is 0 Å². The molecule has 0 rings (SSSR count). The maximum absolute atomic E-state index is 2.34. The van der Waals surface area contributed by atoms with E-state index in [4.69, 9.17) is 0 Å². The Labute approximate surface area is 110 Å². The molecule has 0 N–H and O–H groups in total. The van der Waals surface area contributed by atoms with E-state index in [0.29, 0.717) is 0 Å². The zero-order chi connectivity index (χ0) is 13.4. The van der Waals surface area contributed by atoms with Gasteiger partial charge in [0.05, 0.1) is 52.4 Å². The van der Waals surface area contributed by atoms with Crippen molar-refractivity contribution >= 4 is 0 Å². The molecule has 0 amide bonds. The Morgan fingerprint density at radius 2 is 0.706 bits per heavy atom. The summed E-state index contributed by atoms with van der Waals surface area (Å²) in [7, 11) is 0. The van der Waals surface area contributed by atoms with Gasteiger partial charge in [0.2, 0.25) is 0 Å². The Balaban J connectivity index is 4.28. The number of hydrogen-bond acceptors (Lipinski definition) is 0. The molecule has 0 saturated heterocycles. The maximum Gasteiger partial charge on any atom is 0.0840 e. The largest absolute Gasteiger partial charge is 0.324 e. The molecule has 0 aliphatic rings. The van der Waals surface area contributed by atoms with Crippen molar-refractivity contribution in [2.24, 2.45) is 0 Å². The summed E-state index contributed by atoms with van der Waals surface area (Å²) in [6, 6.07) is 0. The van der Waals surface area contributed by atoms with Crippen LogP contribution in [0.2, 0.25) is 0 Å². The van der Waals surface area contributed by atoms with Crippen molar-refractivity contribution in [1.29, 1.82) is 0 Å². The van der Waals surface area contributed by atoms with Gasteiger partial charge < -0.3 is 8.97 Å². The van der Waals surface area contributed by atoms with Gasteiger partial charge in [-0.3, -0.25) is 0 Å². The summed E-state index contributed by atoms with van der Waals surface area (Å²) in [6.45, 7) is 24.5. The zero-order valence-corrected chi connectivity index (χ0v) is 13.3. The molecule has 0 radical (unpaired) electrons. The minimum Gasteiger partial charge on any atom is -0.324 e. The quantitative estimate of drug-likeness (QED) is 0.518. The highest BCUT2D eigenvalue weighted by Gasteiger charge is 2.25. The number of rotatable bonds is 10. The van der Waals surface area contributed by atoms with Crippen LogP contribution < -0.4 is 0 Å². The van der Waals surface area contributed by atoms with Gasteiger partial charge >= 0.3 is 0 Å². The van der Waals surface area contributed by atoms with E-state index in [1.165, 1.54) is 67.7 Å². The molecular formula is C15H36N2+2. The van der Waals surface area contributed by atoms with Crippen LogP contribution >= 0.6 is 0 Å². The molecule has 0 aliphatic carbocycles. The Kier molecular flexibility index (Phi) is 8.06. The van der Waals surface area contributed by atoms with Crippen molar-refractivity contribution in [3.05, 3.63) is 0 Å². The molecule has 0 aliphatic heterocycles. The first-order chi connectivity index (χ1) is 8.07. The van der Waals surface area contributed by atoms with Gasteiger partial charge in [0.25, 0.3) is 0 Å². The molecule has 0 aromatic carbocycles. The van der Waals surface area contributed by atoms with Crippen LogP contribution in [0.3, 0.4) is 0 Å². The second kappa shape index (κ2) is 8.10. The van der Waals surface area contributed by atoms with Crippen LogP contribution in [0, 0.1) is 0 Å². The van der Waals surface area contributed by atoms with E-state index in [2.05, 4.69) is 41.5 Å². The van der Waals surface area contributed by atoms with E-state index in [1.807, 2.05) is 0 Å². The summed E-state index contributed by atoms with van der Waals surface area (Å²) >= 11 is 0. The molecule has 0 heterocycles. The first-order valence-corrected chi connectivity index (χ1v) is 7.77. The van der Waals surface area contributed by atoms with Crippen LogP contribution in [-0.4, -0.2) is 61.3 Å². The standard InChI is InChI=1S/C15H36N2/c1-7-16(8-2,9-3)14-13-15-17(10-4,11-5)12-6/h7-15H2,1-6H3/q+2. The van der Waals surface area contributed by atoms with Crippen molar-refractivity contribution in [2.75, 3.05) is 52.4 Å². The highest BCUT2D eigenvalue weighted by molar-refractivity contribution is 4.44. The van der Waals surface area contributed by atoms with Crippen LogP contribution in [-0.2, 0) is 0 Å². The molecule has 0 fully saturated rings. The Morgan fingerprint density at radius 3 is 0.882 bits per heavy atom. The van der Waals surface area contributed by atoms with E-state index in [-0.39, 0.29) is 0 Å². The van der Waals surface area contributed by atoms with Gasteiger partial charge in [-0.1, -0.05) is 0 Å². The maximum atomic E-state index is 2.34. The molecule has 104 valence electrons. The summed E-state index contributed by atoms with van der Waals surface area (Å²) in [6.07, 6.45) is 1.38. The SMILES string of the molecule is CC[N+](CC)(CC)CCC[N+](CC)(CC)CC. The van der Waals surface area contributed by atoms with Gasteiger partial charge in [-0.05, 0) is 41.5 Å². The molecular weight excluding hydrogens is 208 g/mol. The lowest BCUT2D eigenvalue weighted by atomic mass is 10.2. The molecule has 0 unspecified atom stereocenters. The number of hydrogen-bond donors (Lipinski definition) is 0. The molecule has 2 heteroatoms. The van der Waals surface area contributed by atoms with E-state index < -0.39 is 0 Å². The summed E-state index contributed by atoms with van der Waals surface area (Å²) < 4.78 is 2.61. The fourth-order valence-corrected chi connectivity index (χ4v) is 3.03. The molecule has 2 nitrogen and oxygen atoms in total. The third-order valence-corrected chi connectivity index (χ3v) is 5.29. The third-order valence-electron chi connectivity index (χ3n) is 5.29. The molecule has 0 aromatic heterocycles. The molecule has 0 atom stereocenters. The predicted molar refractivity (Wildman–Crippen MR) is 78.1 cm³/mol. The van der Waals surface area contributed by atoms with E-state index in [9.17, 15) is 0 Å². The lowest BCUT2D eigenvalue weighted by Gasteiger charge is -2.39. The highest BCUT2D eigenvalue weighted by atomic mass is 15.4. The van der Waals surface area contributed by atoms with E-state index >= 15 is 0 Å². The average molecular weight is 244 g/mol. The average Bonchev–Trinajstić information content (AvgIpc) is 2.41.